The molecule has 5 nitrogen and oxygen atoms in total. The van der Waals surface area contributed by atoms with E-state index >= 15 is 0 Å². The van der Waals surface area contributed by atoms with Crippen LogP contribution >= 0.6 is 0 Å². The van der Waals surface area contributed by atoms with Crippen molar-refractivity contribution >= 4 is 16.5 Å². The molecule has 1 aliphatic heterocycles. The minimum absolute atomic E-state index is 0.272. The summed E-state index contributed by atoms with van der Waals surface area (Å²) in [6.07, 6.45) is 4.59. The summed E-state index contributed by atoms with van der Waals surface area (Å²) < 4.78 is 11.0. The fourth-order valence-corrected chi connectivity index (χ4v) is 4.07. The molecule has 0 atom stereocenters. The maximum Gasteiger partial charge on any atom is 0.346 e. The van der Waals surface area contributed by atoms with Crippen molar-refractivity contribution in [1.29, 1.82) is 0 Å². The number of hydrogen-bond donors (Lipinski definition) is 1. The lowest BCUT2D eigenvalue weighted by Crippen LogP contribution is -2.35. The van der Waals surface area contributed by atoms with E-state index in [1.54, 1.807) is 18.2 Å². The molecule has 2 N–H and O–H groups in total. The number of anilines is 1. The first kappa shape index (κ1) is 19.5. The molecule has 3 aromatic rings. The van der Waals surface area contributed by atoms with Gasteiger partial charge in [0.05, 0.1) is 12.0 Å². The predicted molar refractivity (Wildman–Crippen MR) is 116 cm³/mol. The number of nitrogens with zero attached hydrogens (tertiary/aromatic N) is 1. The van der Waals surface area contributed by atoms with Crippen molar-refractivity contribution in [3.63, 3.8) is 0 Å². The molecule has 4 rings (SSSR count). The van der Waals surface area contributed by atoms with Crippen LogP contribution in [0.25, 0.3) is 10.8 Å². The predicted octanol–water partition coefficient (Wildman–Crippen LogP) is 4.10. The SMILES string of the molecule is Nc1ccc2cc(OCCCN3CCC(Cc4ccccc4)CC3)oc(=O)c2c1. The van der Waals surface area contributed by atoms with E-state index in [2.05, 4.69) is 35.2 Å². The Morgan fingerprint density at radius 1 is 1.07 bits per heavy atom. The molecule has 0 saturated carbocycles. The van der Waals surface area contributed by atoms with Crippen LogP contribution in [-0.4, -0.2) is 31.1 Å². The van der Waals surface area contributed by atoms with Crippen LogP contribution in [0.3, 0.4) is 0 Å². The molecule has 0 spiro atoms. The Hall–Kier alpha value is -2.79. The molecule has 0 unspecified atom stereocenters. The minimum Gasteiger partial charge on any atom is -0.465 e. The van der Waals surface area contributed by atoms with Gasteiger partial charge in [-0.05, 0) is 67.8 Å². The number of benzene rings is 2. The normalized spacial score (nSPS) is 15.6. The van der Waals surface area contributed by atoms with Gasteiger partial charge in [0.2, 0.25) is 0 Å². The van der Waals surface area contributed by atoms with Crippen molar-refractivity contribution in [2.45, 2.75) is 25.7 Å². The van der Waals surface area contributed by atoms with Crippen LogP contribution in [0.15, 0.2) is 63.8 Å². The molecule has 152 valence electrons. The van der Waals surface area contributed by atoms with Crippen LogP contribution < -0.4 is 16.1 Å². The van der Waals surface area contributed by atoms with Crippen LogP contribution in [0.2, 0.25) is 0 Å². The number of ether oxygens (including phenoxy) is 1. The van der Waals surface area contributed by atoms with Gasteiger partial charge in [0.15, 0.2) is 0 Å². The van der Waals surface area contributed by atoms with E-state index in [1.165, 1.54) is 24.8 Å². The minimum atomic E-state index is -0.412. The van der Waals surface area contributed by atoms with Crippen molar-refractivity contribution in [2.24, 2.45) is 5.92 Å². The molecule has 29 heavy (non-hydrogen) atoms. The lowest BCUT2D eigenvalue weighted by molar-refractivity contribution is 0.162. The molecular weight excluding hydrogens is 364 g/mol. The van der Waals surface area contributed by atoms with Crippen molar-refractivity contribution in [3.8, 4) is 5.95 Å². The fourth-order valence-electron chi connectivity index (χ4n) is 4.07. The third kappa shape index (κ3) is 5.18. The summed E-state index contributed by atoms with van der Waals surface area (Å²) in [7, 11) is 0. The molecule has 1 fully saturated rings. The Kier molecular flexibility index (Phi) is 6.15. The Morgan fingerprint density at radius 2 is 1.86 bits per heavy atom. The van der Waals surface area contributed by atoms with Gasteiger partial charge in [-0.15, -0.1) is 0 Å². The maximum absolute atomic E-state index is 12.1. The average molecular weight is 392 g/mol. The lowest BCUT2D eigenvalue weighted by Gasteiger charge is -2.32. The molecule has 0 bridgehead atoms. The second-order valence-electron chi connectivity index (χ2n) is 7.88. The van der Waals surface area contributed by atoms with Crippen LogP contribution in [0, 0.1) is 5.92 Å². The smallest absolute Gasteiger partial charge is 0.346 e. The molecular formula is C24H28N2O3. The quantitative estimate of drug-likeness (QED) is 0.484. The van der Waals surface area contributed by atoms with Crippen molar-refractivity contribution < 1.29 is 9.15 Å². The van der Waals surface area contributed by atoms with Gasteiger partial charge in [-0.1, -0.05) is 36.4 Å². The number of piperidine rings is 1. The highest BCUT2D eigenvalue weighted by Crippen LogP contribution is 2.22. The highest BCUT2D eigenvalue weighted by atomic mass is 16.6. The summed E-state index contributed by atoms with van der Waals surface area (Å²) in [5, 5.41) is 1.27. The average Bonchev–Trinajstić information content (AvgIpc) is 2.74. The number of nitrogens with two attached hydrogens (primary N) is 1. The van der Waals surface area contributed by atoms with Gasteiger partial charge < -0.3 is 19.8 Å². The van der Waals surface area contributed by atoms with Crippen molar-refractivity contribution in [3.05, 3.63) is 70.6 Å². The molecule has 2 aromatic carbocycles. The first-order chi connectivity index (χ1) is 14.2. The van der Waals surface area contributed by atoms with E-state index in [4.69, 9.17) is 14.9 Å². The van der Waals surface area contributed by atoms with Gasteiger partial charge in [-0.2, -0.15) is 0 Å². The van der Waals surface area contributed by atoms with E-state index in [9.17, 15) is 4.79 Å². The summed E-state index contributed by atoms with van der Waals surface area (Å²) in [5.74, 6) is 1.06. The molecule has 1 aromatic heterocycles. The van der Waals surface area contributed by atoms with Gasteiger partial charge in [-0.3, -0.25) is 0 Å². The van der Waals surface area contributed by atoms with Crippen LogP contribution in [-0.2, 0) is 6.42 Å². The zero-order valence-corrected chi connectivity index (χ0v) is 16.7. The number of rotatable bonds is 7. The summed E-state index contributed by atoms with van der Waals surface area (Å²) >= 11 is 0. The van der Waals surface area contributed by atoms with Crippen LogP contribution in [0.5, 0.6) is 5.95 Å². The van der Waals surface area contributed by atoms with E-state index in [0.717, 1.165) is 37.4 Å². The third-order valence-electron chi connectivity index (χ3n) is 5.70. The first-order valence-electron chi connectivity index (χ1n) is 10.4. The van der Waals surface area contributed by atoms with E-state index < -0.39 is 5.63 Å². The Bertz CT molecular complexity index is 992. The summed E-state index contributed by atoms with van der Waals surface area (Å²) in [5.41, 5.74) is 7.31. The number of nitrogen functional groups attached to an aromatic ring is 1. The maximum atomic E-state index is 12.1. The van der Waals surface area contributed by atoms with Crippen molar-refractivity contribution in [1.82, 2.24) is 4.90 Å². The van der Waals surface area contributed by atoms with Crippen molar-refractivity contribution in [2.75, 3.05) is 32.0 Å². The number of likely N-dealkylation sites (tertiary alicyclic amines) is 1. The number of fused-ring (bicyclic) bond motifs is 1. The van der Waals surface area contributed by atoms with Gasteiger partial charge >= 0.3 is 5.63 Å². The number of hydrogen-bond acceptors (Lipinski definition) is 5. The second kappa shape index (κ2) is 9.14. The molecule has 1 saturated heterocycles. The standard InChI is InChI=1S/C24H28N2O3/c25-21-8-7-20-16-23(29-24(27)22(20)17-21)28-14-4-11-26-12-9-19(10-13-26)15-18-5-2-1-3-6-18/h1-3,5-8,16-17,19H,4,9-15,25H2. The summed E-state index contributed by atoms with van der Waals surface area (Å²) in [4.78, 5) is 14.6. The Morgan fingerprint density at radius 3 is 2.66 bits per heavy atom. The molecule has 2 heterocycles. The van der Waals surface area contributed by atoms with Gasteiger partial charge in [0, 0.05) is 18.3 Å². The second-order valence-corrected chi connectivity index (χ2v) is 7.88. The van der Waals surface area contributed by atoms with Gasteiger partial charge in [0.25, 0.3) is 5.95 Å². The zero-order valence-electron chi connectivity index (χ0n) is 16.7. The topological polar surface area (TPSA) is 68.7 Å². The van der Waals surface area contributed by atoms with Gasteiger partial charge in [0.1, 0.15) is 0 Å². The largest absolute Gasteiger partial charge is 0.465 e. The monoisotopic (exact) mass is 392 g/mol. The Balaban J connectivity index is 1.20. The molecule has 5 heteroatoms. The summed E-state index contributed by atoms with van der Waals surface area (Å²) in [6, 6.07) is 17.7. The first-order valence-corrected chi connectivity index (χ1v) is 10.4. The van der Waals surface area contributed by atoms with Crippen LogP contribution in [0.4, 0.5) is 5.69 Å². The van der Waals surface area contributed by atoms with E-state index in [1.807, 2.05) is 6.07 Å². The van der Waals surface area contributed by atoms with E-state index in [0.29, 0.717) is 17.7 Å². The van der Waals surface area contributed by atoms with E-state index in [-0.39, 0.29) is 5.95 Å². The third-order valence-corrected chi connectivity index (χ3v) is 5.70. The lowest BCUT2D eigenvalue weighted by atomic mass is 9.90. The zero-order chi connectivity index (χ0) is 20.1. The highest BCUT2D eigenvalue weighted by molar-refractivity contribution is 5.84. The summed E-state index contributed by atoms with van der Waals surface area (Å²) in [6.45, 7) is 3.83. The fraction of sp³-hybridized carbons (Fsp3) is 0.375. The molecule has 0 aliphatic carbocycles. The Labute approximate surface area is 171 Å². The van der Waals surface area contributed by atoms with Crippen LogP contribution in [0.1, 0.15) is 24.8 Å². The van der Waals surface area contributed by atoms with Gasteiger partial charge in [-0.25, -0.2) is 4.79 Å². The molecule has 0 amide bonds. The highest BCUT2D eigenvalue weighted by Gasteiger charge is 2.19. The molecule has 1 aliphatic rings. The molecule has 0 radical (unpaired) electrons.